The van der Waals surface area contributed by atoms with Gasteiger partial charge in [-0.25, -0.2) is 22.5 Å². The maximum Gasteiger partial charge on any atom is 0.289 e. The molecule has 1 heterocycles. The molecule has 176 valence electrons. The zero-order chi connectivity index (χ0) is 24.3. The average molecular weight is 481 g/mol. The highest BCUT2D eigenvalue weighted by Crippen LogP contribution is 2.42. The summed E-state index contributed by atoms with van der Waals surface area (Å²) in [6, 6.07) is -0.508. The molecule has 1 aromatic heterocycles. The minimum absolute atomic E-state index is 0.0300. The van der Waals surface area contributed by atoms with Crippen molar-refractivity contribution in [2.45, 2.75) is 50.5 Å². The van der Waals surface area contributed by atoms with E-state index in [-0.39, 0.29) is 16.4 Å². The Morgan fingerprint density at radius 3 is 2.44 bits per heavy atom. The first-order valence-corrected chi connectivity index (χ1v) is 9.89. The molecule has 0 aliphatic heterocycles. The number of likely N-dealkylation sites (N-methyl/N-ethyl adjacent to an activating group) is 1. The molecule has 1 aliphatic rings. The third-order valence-electron chi connectivity index (χ3n) is 4.75. The van der Waals surface area contributed by atoms with Crippen LogP contribution in [0.15, 0.2) is 12.3 Å². The monoisotopic (exact) mass is 480 g/mol. The molecule has 0 radical (unpaired) electrons. The molecule has 0 bridgehead atoms. The number of rotatable bonds is 9. The average Bonchev–Trinajstić information content (AvgIpc) is 2.68. The zero-order valence-corrected chi connectivity index (χ0v) is 17.9. The highest BCUT2D eigenvalue weighted by molar-refractivity contribution is 6.38. The van der Waals surface area contributed by atoms with Crippen molar-refractivity contribution in [3.8, 4) is 0 Å². The summed E-state index contributed by atoms with van der Waals surface area (Å²) in [5, 5.41) is 6.47. The topological polar surface area (TPSA) is 117 Å². The number of carbonyl (C=O) groups excluding carboxylic acids is 4. The number of Topliss-reactive ketones (excluding diaryl/α,β-unsaturated/α-hetero) is 1. The van der Waals surface area contributed by atoms with Crippen LogP contribution in [0.3, 0.4) is 0 Å². The Bertz CT molecular complexity index is 915. The number of aromatic nitrogens is 1. The summed E-state index contributed by atoms with van der Waals surface area (Å²) in [6.07, 6.45) is -1.56. The van der Waals surface area contributed by atoms with Crippen LogP contribution in [-0.2, 0) is 14.4 Å². The van der Waals surface area contributed by atoms with Gasteiger partial charge in [0.05, 0.1) is 16.6 Å². The third kappa shape index (κ3) is 6.87. The lowest BCUT2D eigenvalue weighted by atomic mass is 9.81. The van der Waals surface area contributed by atoms with Gasteiger partial charge in [0.2, 0.25) is 23.5 Å². The number of hydrogen-bond acceptors (Lipinski definition) is 5. The normalized spacial score (nSPS) is 16.5. The number of halogens is 5. The van der Waals surface area contributed by atoms with E-state index in [0.29, 0.717) is 6.92 Å². The number of pyridine rings is 1. The van der Waals surface area contributed by atoms with E-state index in [1.807, 2.05) is 0 Å². The number of amides is 3. The van der Waals surface area contributed by atoms with E-state index in [2.05, 4.69) is 20.9 Å². The van der Waals surface area contributed by atoms with Gasteiger partial charge in [-0.2, -0.15) is 0 Å². The van der Waals surface area contributed by atoms with Gasteiger partial charge in [-0.05, 0) is 19.4 Å². The second-order valence-corrected chi connectivity index (χ2v) is 8.01. The van der Waals surface area contributed by atoms with Gasteiger partial charge < -0.3 is 16.0 Å². The second-order valence-electron chi connectivity index (χ2n) is 7.58. The fourth-order valence-electron chi connectivity index (χ4n) is 2.96. The molecular weight excluding hydrogens is 460 g/mol. The summed E-state index contributed by atoms with van der Waals surface area (Å²) in [5.41, 5.74) is -0.338. The van der Waals surface area contributed by atoms with E-state index >= 15 is 0 Å². The number of alkyl halides is 4. The lowest BCUT2D eigenvalue weighted by Crippen LogP contribution is -2.47. The minimum Gasteiger partial charge on any atom is -0.353 e. The number of hydrogen-bond donors (Lipinski definition) is 3. The first-order valence-electron chi connectivity index (χ1n) is 9.51. The smallest absolute Gasteiger partial charge is 0.289 e. The molecule has 0 spiro atoms. The number of nitrogens with one attached hydrogen (secondary N) is 3. The lowest BCUT2D eigenvalue weighted by molar-refractivity contribution is -0.145. The maximum atomic E-state index is 13.3. The highest BCUT2D eigenvalue weighted by Gasteiger charge is 2.48. The van der Waals surface area contributed by atoms with Crippen LogP contribution >= 0.6 is 11.6 Å². The largest absolute Gasteiger partial charge is 0.353 e. The van der Waals surface area contributed by atoms with Crippen molar-refractivity contribution in [3.05, 3.63) is 22.8 Å². The Hall–Kier alpha value is -2.76. The Morgan fingerprint density at radius 2 is 1.91 bits per heavy atom. The Morgan fingerprint density at radius 1 is 1.28 bits per heavy atom. The molecule has 1 atom stereocenters. The Kier molecular flexibility index (Phi) is 7.81. The van der Waals surface area contributed by atoms with Gasteiger partial charge in [0, 0.05) is 38.4 Å². The predicted octanol–water partition coefficient (Wildman–Crippen LogP) is 2.57. The molecule has 1 aliphatic carbocycles. The number of nitrogens with zero attached hydrogens (tertiary/aromatic N) is 1. The van der Waals surface area contributed by atoms with Gasteiger partial charge in [-0.1, -0.05) is 11.6 Å². The molecule has 3 amide bonds. The molecule has 1 fully saturated rings. The van der Waals surface area contributed by atoms with Crippen LogP contribution in [0.25, 0.3) is 0 Å². The predicted molar refractivity (Wildman–Crippen MR) is 106 cm³/mol. The van der Waals surface area contributed by atoms with Crippen molar-refractivity contribution in [1.82, 2.24) is 15.6 Å². The van der Waals surface area contributed by atoms with Gasteiger partial charge in [-0.3, -0.25) is 19.2 Å². The minimum atomic E-state index is -3.16. The summed E-state index contributed by atoms with van der Waals surface area (Å²) in [4.78, 5) is 52.6. The second kappa shape index (κ2) is 9.80. The molecule has 3 N–H and O–H groups in total. The van der Waals surface area contributed by atoms with Gasteiger partial charge >= 0.3 is 0 Å². The van der Waals surface area contributed by atoms with Crippen molar-refractivity contribution < 1.29 is 36.7 Å². The van der Waals surface area contributed by atoms with Crippen molar-refractivity contribution in [1.29, 1.82) is 0 Å². The van der Waals surface area contributed by atoms with Crippen LogP contribution in [0, 0.1) is 5.92 Å². The number of carbonyl (C=O) groups is 4. The van der Waals surface area contributed by atoms with Gasteiger partial charge in [0.15, 0.2) is 0 Å². The summed E-state index contributed by atoms with van der Waals surface area (Å²) in [5.74, 6) is -11.5. The van der Waals surface area contributed by atoms with Crippen LogP contribution < -0.4 is 16.0 Å². The van der Waals surface area contributed by atoms with Crippen LogP contribution in [0.1, 0.15) is 43.0 Å². The third-order valence-corrected chi connectivity index (χ3v) is 4.95. The molecule has 0 saturated heterocycles. The molecule has 0 aromatic carbocycles. The molecular formula is C19H21ClF4N4O4. The molecule has 1 saturated carbocycles. The first kappa shape index (κ1) is 25.5. The van der Waals surface area contributed by atoms with Crippen molar-refractivity contribution >= 4 is 40.9 Å². The van der Waals surface area contributed by atoms with E-state index in [1.54, 1.807) is 0 Å². The van der Waals surface area contributed by atoms with Crippen molar-refractivity contribution in [2.75, 3.05) is 12.4 Å². The summed E-state index contributed by atoms with van der Waals surface area (Å²) in [6.45, 7) is 0.620. The van der Waals surface area contributed by atoms with Crippen LogP contribution in [0.4, 0.5) is 23.4 Å². The van der Waals surface area contributed by atoms with Crippen molar-refractivity contribution in [2.24, 2.45) is 5.92 Å². The fourth-order valence-corrected chi connectivity index (χ4v) is 3.12. The first-order chi connectivity index (χ1) is 14.7. The van der Waals surface area contributed by atoms with Gasteiger partial charge in [0.25, 0.3) is 11.8 Å². The summed E-state index contributed by atoms with van der Waals surface area (Å²) >= 11 is 5.84. The number of ketones is 1. The summed E-state index contributed by atoms with van der Waals surface area (Å²) < 4.78 is 52.6. The van der Waals surface area contributed by atoms with E-state index in [4.69, 9.17) is 11.6 Å². The molecule has 32 heavy (non-hydrogen) atoms. The molecule has 8 nitrogen and oxygen atoms in total. The lowest BCUT2D eigenvalue weighted by Gasteiger charge is -2.33. The standard InChI is InChI=1S/C19H21ClF4N4O4/c1-18(21,22)4-3-12(13(29)17(32)25-2)27-16(31)11-5-10(20)8-26-14(11)28-15(30)9-6-19(23,24)7-9/h5,8-9,12H,3-4,6-7H2,1-2H3,(H,25,32)(H,27,31)(H,26,28,30)/t12-/m0/s1. The molecule has 13 heteroatoms. The summed E-state index contributed by atoms with van der Waals surface area (Å²) in [7, 11) is 1.16. The molecule has 1 aromatic rings. The zero-order valence-electron chi connectivity index (χ0n) is 17.1. The van der Waals surface area contributed by atoms with E-state index in [9.17, 15) is 36.7 Å². The highest BCUT2D eigenvalue weighted by atomic mass is 35.5. The van der Waals surface area contributed by atoms with Crippen LogP contribution in [-0.4, -0.2) is 53.4 Å². The number of anilines is 1. The SMILES string of the molecule is CNC(=O)C(=O)[C@H](CCC(C)(F)F)NC(=O)c1cc(Cl)cnc1NC(=O)C1CC(F)(F)C1. The Labute approximate surface area is 185 Å². The molecule has 2 rings (SSSR count). The van der Waals surface area contributed by atoms with Crippen molar-refractivity contribution in [3.63, 3.8) is 0 Å². The quantitative estimate of drug-likeness (QED) is 0.371. The van der Waals surface area contributed by atoms with Gasteiger partial charge in [-0.15, -0.1) is 0 Å². The van der Waals surface area contributed by atoms with Gasteiger partial charge in [0.1, 0.15) is 5.82 Å². The van der Waals surface area contributed by atoms with Crippen LogP contribution in [0.5, 0.6) is 0 Å². The van der Waals surface area contributed by atoms with E-state index in [0.717, 1.165) is 19.3 Å². The van der Waals surface area contributed by atoms with E-state index in [1.165, 1.54) is 0 Å². The Balaban J connectivity index is 2.21. The molecule has 0 unspecified atom stereocenters. The fraction of sp³-hybridized carbons (Fsp3) is 0.526. The van der Waals surface area contributed by atoms with Crippen LogP contribution in [0.2, 0.25) is 5.02 Å². The van der Waals surface area contributed by atoms with E-state index < -0.39 is 73.0 Å². The maximum absolute atomic E-state index is 13.3.